The van der Waals surface area contributed by atoms with Gasteiger partial charge in [0.15, 0.2) is 10.8 Å². The number of nitrogens with zero attached hydrogens (tertiary/aromatic N) is 5. The van der Waals surface area contributed by atoms with E-state index in [-0.39, 0.29) is 0 Å². The molecular weight excluding hydrogens is 256 g/mol. The molecule has 0 saturated carbocycles. The summed E-state index contributed by atoms with van der Waals surface area (Å²) in [5.41, 5.74) is 7.36. The maximum absolute atomic E-state index is 5.73. The molecule has 0 unspecified atom stereocenters. The van der Waals surface area contributed by atoms with Crippen LogP contribution < -0.4 is 5.73 Å². The van der Waals surface area contributed by atoms with Gasteiger partial charge in [0.25, 0.3) is 0 Å². The minimum atomic E-state index is 0.651. The summed E-state index contributed by atoms with van der Waals surface area (Å²) in [6.45, 7) is 0. The number of rotatable bonds is 3. The standard InChI is InChI=1S/C9H8N6S2/c10-8-6(11-14-17-8)5-16-9-13-12-7-3-1-2-4-15(7)9/h1-4H,5,10H2. The van der Waals surface area contributed by atoms with Crippen molar-refractivity contribution in [3.63, 3.8) is 0 Å². The molecule has 3 rings (SSSR count). The van der Waals surface area contributed by atoms with Gasteiger partial charge in [-0.15, -0.1) is 15.3 Å². The lowest BCUT2D eigenvalue weighted by molar-refractivity contribution is 0.919. The highest BCUT2D eigenvalue weighted by molar-refractivity contribution is 7.98. The van der Waals surface area contributed by atoms with Crippen LogP contribution in [0, 0.1) is 0 Å². The summed E-state index contributed by atoms with van der Waals surface area (Å²) in [6, 6.07) is 5.79. The Morgan fingerprint density at radius 1 is 1.29 bits per heavy atom. The molecule has 3 aromatic heterocycles. The number of anilines is 1. The Balaban J connectivity index is 1.84. The van der Waals surface area contributed by atoms with E-state index in [9.17, 15) is 0 Å². The second kappa shape index (κ2) is 4.30. The quantitative estimate of drug-likeness (QED) is 0.721. The normalized spacial score (nSPS) is 11.1. The Kier molecular flexibility index (Phi) is 2.65. The first-order valence-corrected chi connectivity index (χ1v) is 6.60. The van der Waals surface area contributed by atoms with Crippen LogP contribution in [-0.4, -0.2) is 24.2 Å². The van der Waals surface area contributed by atoms with Crippen molar-refractivity contribution >= 4 is 33.9 Å². The predicted molar refractivity (Wildman–Crippen MR) is 66.9 cm³/mol. The molecule has 0 bridgehead atoms. The van der Waals surface area contributed by atoms with E-state index in [1.54, 1.807) is 11.8 Å². The van der Waals surface area contributed by atoms with Crippen LogP contribution in [-0.2, 0) is 5.75 Å². The minimum Gasteiger partial charge on any atom is -0.388 e. The smallest absolute Gasteiger partial charge is 0.195 e. The lowest BCUT2D eigenvalue weighted by Gasteiger charge is -1.97. The Morgan fingerprint density at radius 2 is 2.24 bits per heavy atom. The van der Waals surface area contributed by atoms with E-state index in [0.29, 0.717) is 10.8 Å². The van der Waals surface area contributed by atoms with Crippen molar-refractivity contribution in [2.24, 2.45) is 0 Å². The van der Waals surface area contributed by atoms with E-state index in [0.717, 1.165) is 16.5 Å². The maximum Gasteiger partial charge on any atom is 0.195 e. The second-order valence-electron chi connectivity index (χ2n) is 3.28. The zero-order valence-corrected chi connectivity index (χ0v) is 10.3. The molecule has 2 N–H and O–H groups in total. The Morgan fingerprint density at radius 3 is 3.06 bits per heavy atom. The van der Waals surface area contributed by atoms with Crippen molar-refractivity contribution in [2.75, 3.05) is 5.73 Å². The number of nitrogen functional groups attached to an aromatic ring is 1. The number of pyridine rings is 1. The third-order valence-electron chi connectivity index (χ3n) is 2.21. The van der Waals surface area contributed by atoms with E-state index in [4.69, 9.17) is 5.73 Å². The number of hydrogen-bond donors (Lipinski definition) is 1. The highest BCUT2D eigenvalue weighted by atomic mass is 32.2. The fourth-order valence-electron chi connectivity index (χ4n) is 1.37. The van der Waals surface area contributed by atoms with Gasteiger partial charge in [0.05, 0.1) is 0 Å². The van der Waals surface area contributed by atoms with Crippen molar-refractivity contribution in [3.8, 4) is 0 Å². The Labute approximate surface area is 105 Å². The number of aromatic nitrogens is 5. The highest BCUT2D eigenvalue weighted by Gasteiger charge is 2.09. The molecule has 0 saturated heterocycles. The molecule has 0 atom stereocenters. The van der Waals surface area contributed by atoms with Crippen molar-refractivity contribution in [3.05, 3.63) is 30.1 Å². The summed E-state index contributed by atoms with van der Waals surface area (Å²) in [5.74, 6) is 0.651. The number of hydrogen-bond acceptors (Lipinski definition) is 7. The fraction of sp³-hybridized carbons (Fsp3) is 0.111. The van der Waals surface area contributed by atoms with Gasteiger partial charge in [-0.05, 0) is 12.1 Å². The lowest BCUT2D eigenvalue weighted by atomic mass is 10.5. The molecule has 0 radical (unpaired) electrons. The largest absolute Gasteiger partial charge is 0.388 e. The average Bonchev–Trinajstić information content (AvgIpc) is 2.93. The molecule has 0 spiro atoms. The molecule has 0 amide bonds. The van der Waals surface area contributed by atoms with Crippen molar-refractivity contribution in [1.29, 1.82) is 0 Å². The molecule has 17 heavy (non-hydrogen) atoms. The van der Waals surface area contributed by atoms with E-state index >= 15 is 0 Å². The molecular formula is C9H8N6S2. The molecule has 0 aliphatic rings. The van der Waals surface area contributed by atoms with Crippen LogP contribution in [0.25, 0.3) is 5.65 Å². The molecule has 0 aliphatic heterocycles. The van der Waals surface area contributed by atoms with Crippen LogP contribution in [0.15, 0.2) is 29.6 Å². The summed E-state index contributed by atoms with van der Waals surface area (Å²) in [5, 5.41) is 13.6. The first kappa shape index (κ1) is 10.5. The van der Waals surface area contributed by atoms with E-state index in [1.807, 2.05) is 28.8 Å². The average molecular weight is 264 g/mol. The minimum absolute atomic E-state index is 0.651. The van der Waals surface area contributed by atoms with E-state index < -0.39 is 0 Å². The number of thioether (sulfide) groups is 1. The van der Waals surface area contributed by atoms with Gasteiger partial charge in [0.1, 0.15) is 10.7 Å². The third-order valence-corrected chi connectivity index (χ3v) is 3.76. The third kappa shape index (κ3) is 1.96. The van der Waals surface area contributed by atoms with Gasteiger partial charge >= 0.3 is 0 Å². The van der Waals surface area contributed by atoms with Crippen LogP contribution in [0.5, 0.6) is 0 Å². The topological polar surface area (TPSA) is 82.0 Å². The van der Waals surface area contributed by atoms with E-state index in [1.165, 1.54) is 11.5 Å². The Bertz CT molecular complexity index is 646. The first-order valence-electron chi connectivity index (χ1n) is 4.84. The number of fused-ring (bicyclic) bond motifs is 1. The summed E-state index contributed by atoms with van der Waals surface area (Å²) in [7, 11) is 0. The van der Waals surface area contributed by atoms with Gasteiger partial charge < -0.3 is 5.73 Å². The predicted octanol–water partition coefficient (Wildman–Crippen LogP) is 1.46. The van der Waals surface area contributed by atoms with Crippen molar-refractivity contribution in [2.45, 2.75) is 10.9 Å². The summed E-state index contributed by atoms with van der Waals surface area (Å²) in [6.07, 6.45) is 1.93. The first-order chi connectivity index (χ1) is 8.34. The van der Waals surface area contributed by atoms with E-state index in [2.05, 4.69) is 19.8 Å². The molecule has 0 aliphatic carbocycles. The van der Waals surface area contributed by atoms with Gasteiger partial charge in [0, 0.05) is 23.5 Å². The van der Waals surface area contributed by atoms with Gasteiger partial charge in [-0.25, -0.2) is 0 Å². The zero-order valence-electron chi connectivity index (χ0n) is 8.65. The van der Waals surface area contributed by atoms with Crippen LogP contribution in [0.2, 0.25) is 0 Å². The van der Waals surface area contributed by atoms with Crippen molar-refractivity contribution < 1.29 is 0 Å². The Hall–Kier alpha value is -1.67. The monoisotopic (exact) mass is 264 g/mol. The van der Waals surface area contributed by atoms with Crippen LogP contribution in [0.4, 0.5) is 5.00 Å². The molecule has 0 fully saturated rings. The highest BCUT2D eigenvalue weighted by Crippen LogP contribution is 2.24. The molecule has 3 heterocycles. The second-order valence-corrected chi connectivity index (χ2v) is 5.01. The molecule has 86 valence electrons. The van der Waals surface area contributed by atoms with Crippen molar-refractivity contribution in [1.82, 2.24) is 24.2 Å². The summed E-state index contributed by atoms with van der Waals surface area (Å²) in [4.78, 5) is 0. The van der Waals surface area contributed by atoms with Crippen LogP contribution in [0.3, 0.4) is 0 Å². The fourth-order valence-corrected chi connectivity index (χ4v) is 2.77. The molecule has 0 aromatic carbocycles. The zero-order chi connectivity index (χ0) is 11.7. The molecule has 6 nitrogen and oxygen atoms in total. The lowest BCUT2D eigenvalue weighted by Crippen LogP contribution is -1.91. The maximum atomic E-state index is 5.73. The SMILES string of the molecule is Nc1snnc1CSc1nnc2ccccn12. The molecule has 3 aromatic rings. The summed E-state index contributed by atoms with van der Waals surface area (Å²) >= 11 is 2.75. The summed E-state index contributed by atoms with van der Waals surface area (Å²) < 4.78 is 5.73. The van der Waals surface area contributed by atoms with Crippen LogP contribution >= 0.6 is 23.3 Å². The molecule has 8 heteroatoms. The van der Waals surface area contributed by atoms with Gasteiger partial charge in [-0.3, -0.25) is 4.40 Å². The van der Waals surface area contributed by atoms with Gasteiger partial charge in [-0.1, -0.05) is 22.3 Å². The van der Waals surface area contributed by atoms with Gasteiger partial charge in [0.2, 0.25) is 0 Å². The number of nitrogens with two attached hydrogens (primary N) is 1. The van der Waals surface area contributed by atoms with Crippen LogP contribution in [0.1, 0.15) is 5.69 Å². The van der Waals surface area contributed by atoms with Gasteiger partial charge in [-0.2, -0.15) is 0 Å².